The van der Waals surface area contributed by atoms with Crippen molar-refractivity contribution in [3.8, 4) is 0 Å². The van der Waals surface area contributed by atoms with Crippen LogP contribution in [-0.4, -0.2) is 29.3 Å². The minimum Gasteiger partial charge on any atom is -0.357 e. The third-order valence-corrected chi connectivity index (χ3v) is 5.66. The fourth-order valence-corrected chi connectivity index (χ4v) is 4.49. The molecule has 0 spiro atoms. The Labute approximate surface area is 175 Å². The first-order chi connectivity index (χ1) is 13.8. The summed E-state index contributed by atoms with van der Waals surface area (Å²) in [5.41, 5.74) is 3.39. The summed E-state index contributed by atoms with van der Waals surface area (Å²) in [7, 11) is -1.35. The first-order valence-corrected chi connectivity index (χ1v) is 11.3. The van der Waals surface area contributed by atoms with Crippen molar-refractivity contribution in [2.75, 3.05) is 15.9 Å². The van der Waals surface area contributed by atoms with Crippen molar-refractivity contribution in [3.63, 3.8) is 0 Å². The molecule has 1 aliphatic rings. The van der Waals surface area contributed by atoms with Gasteiger partial charge in [-0.3, -0.25) is 9.71 Å². The van der Waals surface area contributed by atoms with Gasteiger partial charge < -0.3 is 14.8 Å². The number of pyridine rings is 1. The lowest BCUT2D eigenvalue weighted by Gasteiger charge is -2.27. The number of aromatic nitrogens is 2. The van der Waals surface area contributed by atoms with E-state index in [-0.39, 0.29) is 12.1 Å². The lowest BCUT2D eigenvalue weighted by Crippen LogP contribution is -2.29. The van der Waals surface area contributed by atoms with Crippen LogP contribution in [0.15, 0.2) is 67.1 Å². The van der Waals surface area contributed by atoms with Crippen LogP contribution in [0.4, 0.5) is 11.4 Å². The molecule has 1 fully saturated rings. The molecule has 0 amide bonds. The number of hydrogen-bond donors (Lipinski definition) is 2. The zero-order valence-electron chi connectivity index (χ0n) is 16.0. The van der Waals surface area contributed by atoms with Crippen LogP contribution in [-0.2, 0) is 17.1 Å². The predicted octanol–water partition coefficient (Wildman–Crippen LogP) is 2.97. The van der Waals surface area contributed by atoms with Crippen LogP contribution in [0.5, 0.6) is 0 Å². The molecule has 0 aliphatic carbocycles. The average molecular weight is 428 g/mol. The number of sulfonamides is 1. The molecular weight excluding hydrogens is 406 g/mol. The van der Waals surface area contributed by atoms with E-state index >= 15 is 0 Å². The van der Waals surface area contributed by atoms with Gasteiger partial charge in [-0.15, -0.1) is 0 Å². The van der Waals surface area contributed by atoms with Gasteiger partial charge in [-0.2, -0.15) is 0 Å². The van der Waals surface area contributed by atoms with E-state index < -0.39 is 10.0 Å². The highest BCUT2D eigenvalue weighted by Gasteiger charge is 2.40. The van der Waals surface area contributed by atoms with Gasteiger partial charge in [0.25, 0.3) is 0 Å². The molecule has 0 radical (unpaired) electrons. The average Bonchev–Trinajstić information content (AvgIpc) is 3.25. The highest BCUT2D eigenvalue weighted by molar-refractivity contribution is 7.92. The van der Waals surface area contributed by atoms with Crippen molar-refractivity contribution in [2.24, 2.45) is 7.05 Å². The number of benzene rings is 1. The van der Waals surface area contributed by atoms with Crippen LogP contribution in [0.3, 0.4) is 0 Å². The molecule has 2 atom stereocenters. The lowest BCUT2D eigenvalue weighted by molar-refractivity contribution is 0.567. The fourth-order valence-electron chi connectivity index (χ4n) is 3.58. The zero-order valence-corrected chi connectivity index (χ0v) is 17.6. The quantitative estimate of drug-likeness (QED) is 0.610. The van der Waals surface area contributed by atoms with E-state index in [1.807, 2.05) is 53.0 Å². The van der Waals surface area contributed by atoms with Crippen LogP contribution in [0.2, 0.25) is 0 Å². The third kappa shape index (κ3) is 4.10. The van der Waals surface area contributed by atoms with E-state index in [1.165, 1.54) is 0 Å². The molecule has 9 heteroatoms. The SMILES string of the molecule is Cn1ccc(C2C(c3ccccn3)NC(=S)N2c2ccc(NS(C)(=O)=O)cc2)c1. The van der Waals surface area contributed by atoms with Crippen molar-refractivity contribution >= 4 is 38.7 Å². The molecule has 4 rings (SSSR count). The van der Waals surface area contributed by atoms with E-state index in [4.69, 9.17) is 12.2 Å². The summed E-state index contributed by atoms with van der Waals surface area (Å²) >= 11 is 5.67. The smallest absolute Gasteiger partial charge is 0.229 e. The second-order valence-corrected chi connectivity index (χ2v) is 9.16. The molecule has 2 aromatic heterocycles. The minimum absolute atomic E-state index is 0.0904. The first-order valence-electron chi connectivity index (χ1n) is 9.02. The fraction of sp³-hybridized carbons (Fsp3) is 0.200. The van der Waals surface area contributed by atoms with Crippen molar-refractivity contribution in [2.45, 2.75) is 12.1 Å². The van der Waals surface area contributed by atoms with E-state index in [0.717, 1.165) is 23.2 Å². The van der Waals surface area contributed by atoms with Gasteiger partial charge in [0, 0.05) is 37.0 Å². The number of rotatable bonds is 5. The summed E-state index contributed by atoms with van der Waals surface area (Å²) in [6, 6.07) is 14.9. The largest absolute Gasteiger partial charge is 0.357 e. The Morgan fingerprint density at radius 1 is 1.14 bits per heavy atom. The molecule has 7 nitrogen and oxygen atoms in total. The number of aryl methyl sites for hydroxylation is 1. The van der Waals surface area contributed by atoms with Crippen LogP contribution in [0, 0.1) is 0 Å². The van der Waals surface area contributed by atoms with Crippen LogP contribution in [0.25, 0.3) is 0 Å². The maximum atomic E-state index is 11.5. The Kier molecular flexibility index (Phi) is 5.01. The summed E-state index contributed by atoms with van der Waals surface area (Å²) in [6.07, 6.45) is 6.98. The molecule has 0 saturated carbocycles. The predicted molar refractivity (Wildman–Crippen MR) is 118 cm³/mol. The summed E-state index contributed by atoms with van der Waals surface area (Å²) in [6.45, 7) is 0. The summed E-state index contributed by atoms with van der Waals surface area (Å²) in [5, 5.41) is 4.00. The monoisotopic (exact) mass is 427 g/mol. The molecular formula is C20H21N5O2S2. The van der Waals surface area contributed by atoms with E-state index in [1.54, 1.807) is 18.3 Å². The molecule has 0 bridgehead atoms. The number of hydrogen-bond acceptors (Lipinski definition) is 4. The maximum Gasteiger partial charge on any atom is 0.229 e. The second-order valence-electron chi connectivity index (χ2n) is 7.03. The molecule has 3 aromatic rings. The van der Waals surface area contributed by atoms with Gasteiger partial charge in [0.05, 0.1) is 24.0 Å². The van der Waals surface area contributed by atoms with Gasteiger partial charge in [-0.1, -0.05) is 6.07 Å². The molecule has 29 heavy (non-hydrogen) atoms. The molecule has 1 aromatic carbocycles. The molecule has 2 N–H and O–H groups in total. The Hall–Kier alpha value is -2.91. The first kappa shape index (κ1) is 19.4. The van der Waals surface area contributed by atoms with Crippen LogP contribution < -0.4 is 14.9 Å². The van der Waals surface area contributed by atoms with Crippen LogP contribution >= 0.6 is 12.2 Å². The van der Waals surface area contributed by atoms with Crippen molar-refractivity contribution < 1.29 is 8.42 Å². The highest BCUT2D eigenvalue weighted by atomic mass is 32.2. The van der Waals surface area contributed by atoms with Gasteiger partial charge in [0.1, 0.15) is 0 Å². The summed E-state index contributed by atoms with van der Waals surface area (Å²) < 4.78 is 27.4. The van der Waals surface area contributed by atoms with E-state index in [9.17, 15) is 8.42 Å². The van der Waals surface area contributed by atoms with Gasteiger partial charge in [-0.25, -0.2) is 8.42 Å². The maximum absolute atomic E-state index is 11.5. The van der Waals surface area contributed by atoms with E-state index in [0.29, 0.717) is 10.8 Å². The van der Waals surface area contributed by atoms with Crippen molar-refractivity contribution in [3.05, 3.63) is 78.4 Å². The minimum atomic E-state index is -3.33. The summed E-state index contributed by atoms with van der Waals surface area (Å²) in [5.74, 6) is 0. The standard InChI is InChI=1S/C20H21N5O2S2/c1-24-12-10-14(13-24)19-18(17-5-3-4-11-21-17)22-20(28)25(19)16-8-6-15(7-9-16)23-29(2,26)27/h3-13,18-19,23H,1-2H3,(H,22,28). The Balaban J connectivity index is 1.73. The number of nitrogens with zero attached hydrogens (tertiary/aromatic N) is 3. The second kappa shape index (κ2) is 7.49. The Morgan fingerprint density at radius 3 is 2.48 bits per heavy atom. The zero-order chi connectivity index (χ0) is 20.6. The lowest BCUT2D eigenvalue weighted by atomic mass is 9.98. The topological polar surface area (TPSA) is 79.3 Å². The Morgan fingerprint density at radius 2 is 1.90 bits per heavy atom. The third-order valence-electron chi connectivity index (χ3n) is 4.74. The number of nitrogens with one attached hydrogen (secondary N) is 2. The van der Waals surface area contributed by atoms with Gasteiger partial charge in [-0.05, 0) is 60.2 Å². The molecule has 1 aliphatic heterocycles. The van der Waals surface area contributed by atoms with E-state index in [2.05, 4.69) is 27.3 Å². The summed E-state index contributed by atoms with van der Waals surface area (Å²) in [4.78, 5) is 6.58. The van der Waals surface area contributed by atoms with Crippen molar-refractivity contribution in [1.29, 1.82) is 0 Å². The highest BCUT2D eigenvalue weighted by Crippen LogP contribution is 2.41. The van der Waals surface area contributed by atoms with Gasteiger partial charge >= 0.3 is 0 Å². The van der Waals surface area contributed by atoms with Gasteiger partial charge in [0.15, 0.2) is 5.11 Å². The van der Waals surface area contributed by atoms with Crippen molar-refractivity contribution in [1.82, 2.24) is 14.9 Å². The molecule has 150 valence electrons. The molecule has 1 saturated heterocycles. The molecule has 3 heterocycles. The van der Waals surface area contributed by atoms with Gasteiger partial charge in [0.2, 0.25) is 10.0 Å². The van der Waals surface area contributed by atoms with Crippen LogP contribution in [0.1, 0.15) is 23.3 Å². The Bertz CT molecular complexity index is 1130. The number of anilines is 2. The molecule has 2 unspecified atom stereocenters. The number of thiocarbonyl (C=S) groups is 1. The normalized spacial score (nSPS) is 19.2.